The fraction of sp³-hybridized carbons (Fsp3) is 1.00. The van der Waals surface area contributed by atoms with Gasteiger partial charge in [-0.2, -0.15) is 0 Å². The van der Waals surface area contributed by atoms with E-state index in [-0.39, 0.29) is 17.5 Å². The van der Waals surface area contributed by atoms with Crippen molar-refractivity contribution in [3.05, 3.63) is 0 Å². The molecule has 3 nitrogen and oxygen atoms in total. The van der Waals surface area contributed by atoms with E-state index in [1.165, 1.54) is 32.1 Å². The average Bonchev–Trinajstić information content (AvgIpc) is 2.28. The molecule has 18 heavy (non-hydrogen) atoms. The molecule has 0 amide bonds. The second kappa shape index (κ2) is 7.49. The Bertz CT molecular complexity index is 327. The van der Waals surface area contributed by atoms with Gasteiger partial charge < -0.3 is 5.32 Å². The number of nitrogens with one attached hydrogen (secondary N) is 1. The summed E-state index contributed by atoms with van der Waals surface area (Å²) in [6, 6.07) is 0.0796. The molecule has 1 aliphatic rings. The smallest absolute Gasteiger partial charge is 0.151 e. The first-order valence-corrected chi connectivity index (χ1v) is 9.19. The van der Waals surface area contributed by atoms with Crippen molar-refractivity contribution in [3.8, 4) is 0 Å². The highest BCUT2D eigenvalue weighted by atomic mass is 32.2. The maximum absolute atomic E-state index is 11.5. The summed E-state index contributed by atoms with van der Waals surface area (Å²) in [5.74, 6) is 2.24. The molecular formula is C14H29NO2S. The zero-order valence-electron chi connectivity index (χ0n) is 12.1. The molecule has 1 saturated carbocycles. The Balaban J connectivity index is 2.17. The van der Waals surface area contributed by atoms with Gasteiger partial charge >= 0.3 is 0 Å². The van der Waals surface area contributed by atoms with Gasteiger partial charge in [0.15, 0.2) is 9.84 Å². The average molecular weight is 275 g/mol. The molecule has 3 atom stereocenters. The van der Waals surface area contributed by atoms with Gasteiger partial charge in [0, 0.05) is 11.8 Å². The molecule has 0 spiro atoms. The standard InChI is InChI=1S/C14H29NO2S/c1-4-18(16,17)11-13(3)15-9-8-14-7-5-6-12(2)10-14/h12-15H,4-11H2,1-3H3. The molecule has 4 heteroatoms. The van der Waals surface area contributed by atoms with Gasteiger partial charge in [-0.1, -0.05) is 33.1 Å². The van der Waals surface area contributed by atoms with Gasteiger partial charge in [-0.3, -0.25) is 0 Å². The Kier molecular flexibility index (Phi) is 6.64. The van der Waals surface area contributed by atoms with Crippen LogP contribution in [0.4, 0.5) is 0 Å². The number of sulfone groups is 1. The largest absolute Gasteiger partial charge is 0.313 e. The van der Waals surface area contributed by atoms with Crippen LogP contribution in [0.15, 0.2) is 0 Å². The summed E-state index contributed by atoms with van der Waals surface area (Å²) in [5.41, 5.74) is 0. The van der Waals surface area contributed by atoms with Crippen molar-refractivity contribution in [3.63, 3.8) is 0 Å². The fourth-order valence-electron chi connectivity index (χ4n) is 2.91. The Morgan fingerprint density at radius 1 is 1.33 bits per heavy atom. The quantitative estimate of drug-likeness (QED) is 0.777. The zero-order chi connectivity index (χ0) is 13.6. The number of hydrogen-bond donors (Lipinski definition) is 1. The lowest BCUT2D eigenvalue weighted by Crippen LogP contribution is -2.35. The normalized spacial score (nSPS) is 27.1. The number of hydrogen-bond acceptors (Lipinski definition) is 3. The van der Waals surface area contributed by atoms with Crippen molar-refractivity contribution < 1.29 is 8.42 Å². The molecule has 3 unspecified atom stereocenters. The predicted molar refractivity (Wildman–Crippen MR) is 77.5 cm³/mol. The lowest BCUT2D eigenvalue weighted by Gasteiger charge is -2.27. The molecule has 0 aromatic heterocycles. The molecule has 0 bridgehead atoms. The van der Waals surface area contributed by atoms with Crippen LogP contribution in [-0.2, 0) is 9.84 Å². The topological polar surface area (TPSA) is 46.2 Å². The molecule has 1 aliphatic carbocycles. The molecule has 1 N–H and O–H groups in total. The summed E-state index contributed by atoms with van der Waals surface area (Å²) >= 11 is 0. The van der Waals surface area contributed by atoms with E-state index in [0.29, 0.717) is 0 Å². The van der Waals surface area contributed by atoms with Crippen molar-refractivity contribution in [1.82, 2.24) is 5.32 Å². The van der Waals surface area contributed by atoms with Gasteiger partial charge in [-0.25, -0.2) is 8.42 Å². The molecule has 0 radical (unpaired) electrons. The molecule has 1 rings (SSSR count). The molecule has 1 fully saturated rings. The maximum Gasteiger partial charge on any atom is 0.151 e. The van der Waals surface area contributed by atoms with E-state index in [4.69, 9.17) is 0 Å². The number of rotatable bonds is 7. The minimum atomic E-state index is -2.85. The summed E-state index contributed by atoms with van der Waals surface area (Å²) < 4.78 is 23.0. The third-order valence-corrected chi connectivity index (χ3v) is 5.92. The molecule has 0 saturated heterocycles. The van der Waals surface area contributed by atoms with Crippen molar-refractivity contribution in [1.29, 1.82) is 0 Å². The monoisotopic (exact) mass is 275 g/mol. The first-order valence-electron chi connectivity index (χ1n) is 7.36. The van der Waals surface area contributed by atoms with Crippen LogP contribution < -0.4 is 5.32 Å². The maximum atomic E-state index is 11.5. The summed E-state index contributed by atoms with van der Waals surface area (Å²) in [5, 5.41) is 3.36. The van der Waals surface area contributed by atoms with E-state index < -0.39 is 9.84 Å². The second-order valence-corrected chi connectivity index (χ2v) is 8.38. The van der Waals surface area contributed by atoms with Crippen LogP contribution in [0.1, 0.15) is 52.9 Å². The molecule has 0 aromatic carbocycles. The SMILES string of the molecule is CCS(=O)(=O)CC(C)NCCC1CCCC(C)C1. The van der Waals surface area contributed by atoms with Crippen LogP contribution in [0.25, 0.3) is 0 Å². The molecular weight excluding hydrogens is 246 g/mol. The van der Waals surface area contributed by atoms with Crippen LogP contribution >= 0.6 is 0 Å². The fourth-order valence-corrected chi connectivity index (χ4v) is 4.03. The minimum absolute atomic E-state index is 0.0796. The first-order chi connectivity index (χ1) is 8.43. The van der Waals surface area contributed by atoms with E-state index in [9.17, 15) is 8.42 Å². The van der Waals surface area contributed by atoms with Crippen molar-refractivity contribution >= 4 is 9.84 Å². The van der Waals surface area contributed by atoms with Crippen LogP contribution in [0.3, 0.4) is 0 Å². The zero-order valence-corrected chi connectivity index (χ0v) is 12.9. The molecule has 0 aliphatic heterocycles. The van der Waals surface area contributed by atoms with Crippen LogP contribution in [0, 0.1) is 11.8 Å². The molecule has 0 heterocycles. The lowest BCUT2D eigenvalue weighted by molar-refractivity contribution is 0.266. The summed E-state index contributed by atoms with van der Waals surface area (Å²) in [7, 11) is -2.85. The third kappa shape index (κ3) is 6.19. The lowest BCUT2D eigenvalue weighted by atomic mass is 9.81. The molecule has 0 aromatic rings. The van der Waals surface area contributed by atoms with Crippen LogP contribution in [0.2, 0.25) is 0 Å². The Morgan fingerprint density at radius 3 is 2.67 bits per heavy atom. The predicted octanol–water partition coefficient (Wildman–Crippen LogP) is 2.62. The van der Waals surface area contributed by atoms with Crippen molar-refractivity contribution in [2.24, 2.45) is 11.8 Å². The third-order valence-electron chi connectivity index (χ3n) is 4.03. The van der Waals surface area contributed by atoms with E-state index in [1.807, 2.05) is 6.92 Å². The highest BCUT2D eigenvalue weighted by Gasteiger charge is 2.19. The van der Waals surface area contributed by atoms with Gasteiger partial charge in [-0.15, -0.1) is 0 Å². The highest BCUT2D eigenvalue weighted by molar-refractivity contribution is 7.91. The summed E-state index contributed by atoms with van der Waals surface area (Å²) in [6.07, 6.45) is 6.65. The Morgan fingerprint density at radius 2 is 2.06 bits per heavy atom. The van der Waals surface area contributed by atoms with Crippen LogP contribution in [-0.4, -0.2) is 32.5 Å². The van der Waals surface area contributed by atoms with Gasteiger partial charge in [0.2, 0.25) is 0 Å². The van der Waals surface area contributed by atoms with Gasteiger partial charge in [-0.05, 0) is 38.1 Å². The second-order valence-electron chi connectivity index (χ2n) is 5.98. The van der Waals surface area contributed by atoms with Gasteiger partial charge in [0.05, 0.1) is 5.75 Å². The van der Waals surface area contributed by atoms with Gasteiger partial charge in [0.1, 0.15) is 0 Å². The van der Waals surface area contributed by atoms with E-state index >= 15 is 0 Å². The summed E-state index contributed by atoms with van der Waals surface area (Å²) in [4.78, 5) is 0. The van der Waals surface area contributed by atoms with E-state index in [1.54, 1.807) is 6.92 Å². The summed E-state index contributed by atoms with van der Waals surface area (Å²) in [6.45, 7) is 6.98. The Labute approximate surface area is 113 Å². The van der Waals surface area contributed by atoms with E-state index in [0.717, 1.165) is 18.4 Å². The van der Waals surface area contributed by atoms with Crippen LogP contribution in [0.5, 0.6) is 0 Å². The highest BCUT2D eigenvalue weighted by Crippen LogP contribution is 2.30. The Hall–Kier alpha value is -0.0900. The first kappa shape index (κ1) is 16.0. The van der Waals surface area contributed by atoms with Gasteiger partial charge in [0.25, 0.3) is 0 Å². The van der Waals surface area contributed by atoms with E-state index in [2.05, 4.69) is 12.2 Å². The van der Waals surface area contributed by atoms with Crippen molar-refractivity contribution in [2.75, 3.05) is 18.1 Å². The molecule has 108 valence electrons. The minimum Gasteiger partial charge on any atom is -0.313 e. The van der Waals surface area contributed by atoms with Crippen molar-refractivity contribution in [2.45, 2.75) is 58.9 Å².